The number of aromatic nitrogens is 2. The highest BCUT2D eigenvalue weighted by atomic mass is 32.2. The minimum absolute atomic E-state index is 0.589. The minimum atomic E-state index is 0.589. The standard InChI is InChI=1S/C14H16N2O2S/c1-10(2)9-19-14-16-15-13(18-14)8-11-4-6-12(17-3)7-5-11/h4-7H,1,8-9H2,2-3H3. The number of methoxy groups -OCH3 is 1. The average Bonchev–Trinajstić information content (AvgIpc) is 2.85. The van der Waals surface area contributed by atoms with E-state index in [1.54, 1.807) is 7.11 Å². The molecule has 0 radical (unpaired) electrons. The molecule has 19 heavy (non-hydrogen) atoms. The smallest absolute Gasteiger partial charge is 0.276 e. The number of hydrogen-bond donors (Lipinski definition) is 0. The van der Waals surface area contributed by atoms with Crippen molar-refractivity contribution >= 4 is 11.8 Å². The van der Waals surface area contributed by atoms with E-state index in [1.807, 2.05) is 31.2 Å². The van der Waals surface area contributed by atoms with Gasteiger partial charge in [-0.1, -0.05) is 36.0 Å². The average molecular weight is 276 g/mol. The van der Waals surface area contributed by atoms with E-state index >= 15 is 0 Å². The van der Waals surface area contributed by atoms with Crippen LogP contribution in [0.2, 0.25) is 0 Å². The van der Waals surface area contributed by atoms with E-state index in [1.165, 1.54) is 11.8 Å². The van der Waals surface area contributed by atoms with Gasteiger partial charge in [-0.05, 0) is 24.6 Å². The molecular formula is C14H16N2O2S. The summed E-state index contributed by atoms with van der Waals surface area (Å²) in [5.41, 5.74) is 2.20. The van der Waals surface area contributed by atoms with Crippen molar-refractivity contribution in [1.82, 2.24) is 10.2 Å². The van der Waals surface area contributed by atoms with Gasteiger partial charge in [-0.25, -0.2) is 0 Å². The van der Waals surface area contributed by atoms with Crippen molar-refractivity contribution in [3.8, 4) is 5.75 Å². The second-order valence-electron chi connectivity index (χ2n) is 4.23. The first-order valence-electron chi connectivity index (χ1n) is 5.90. The summed E-state index contributed by atoms with van der Waals surface area (Å²) < 4.78 is 10.7. The molecule has 0 bridgehead atoms. The summed E-state index contributed by atoms with van der Waals surface area (Å²) in [5.74, 6) is 2.26. The van der Waals surface area contributed by atoms with Gasteiger partial charge in [0.1, 0.15) is 5.75 Å². The molecule has 0 amide bonds. The first-order valence-corrected chi connectivity index (χ1v) is 6.88. The third-order valence-corrected chi connectivity index (χ3v) is 3.45. The molecule has 0 fully saturated rings. The van der Waals surface area contributed by atoms with Gasteiger partial charge in [0.05, 0.1) is 13.5 Å². The maximum absolute atomic E-state index is 5.56. The highest BCUT2D eigenvalue weighted by molar-refractivity contribution is 7.99. The lowest BCUT2D eigenvalue weighted by molar-refractivity contribution is 0.413. The zero-order chi connectivity index (χ0) is 13.7. The second-order valence-corrected chi connectivity index (χ2v) is 5.16. The molecule has 0 saturated carbocycles. The van der Waals surface area contributed by atoms with Crippen LogP contribution in [-0.4, -0.2) is 23.1 Å². The van der Waals surface area contributed by atoms with Crippen LogP contribution in [0.1, 0.15) is 18.4 Å². The predicted molar refractivity (Wildman–Crippen MR) is 75.6 cm³/mol. The van der Waals surface area contributed by atoms with Crippen molar-refractivity contribution in [3.63, 3.8) is 0 Å². The highest BCUT2D eigenvalue weighted by Crippen LogP contribution is 2.20. The van der Waals surface area contributed by atoms with Crippen LogP contribution in [-0.2, 0) is 6.42 Å². The van der Waals surface area contributed by atoms with E-state index in [0.29, 0.717) is 17.5 Å². The number of hydrogen-bond acceptors (Lipinski definition) is 5. The number of thioether (sulfide) groups is 1. The second kappa shape index (κ2) is 6.43. The Morgan fingerprint density at radius 3 is 2.68 bits per heavy atom. The van der Waals surface area contributed by atoms with Crippen molar-refractivity contribution in [3.05, 3.63) is 47.9 Å². The first-order chi connectivity index (χ1) is 9.17. The van der Waals surface area contributed by atoms with Crippen LogP contribution in [0, 0.1) is 0 Å². The van der Waals surface area contributed by atoms with E-state index < -0.39 is 0 Å². The van der Waals surface area contributed by atoms with Gasteiger partial charge >= 0.3 is 0 Å². The number of benzene rings is 1. The fourth-order valence-corrected chi connectivity index (χ4v) is 2.09. The molecule has 5 heteroatoms. The van der Waals surface area contributed by atoms with Gasteiger partial charge in [0.2, 0.25) is 5.89 Å². The molecule has 1 heterocycles. The lowest BCUT2D eigenvalue weighted by Gasteiger charge is -2.00. The fourth-order valence-electron chi connectivity index (χ4n) is 1.47. The molecule has 100 valence electrons. The molecule has 0 aliphatic heterocycles. The van der Waals surface area contributed by atoms with Crippen LogP contribution in [0.4, 0.5) is 0 Å². The Morgan fingerprint density at radius 2 is 2.05 bits per heavy atom. The lowest BCUT2D eigenvalue weighted by atomic mass is 10.1. The highest BCUT2D eigenvalue weighted by Gasteiger charge is 2.07. The maximum atomic E-state index is 5.56. The Bertz CT molecular complexity index is 549. The van der Waals surface area contributed by atoms with E-state index in [0.717, 1.165) is 22.6 Å². The Labute approximate surface area is 116 Å². The molecule has 1 aromatic heterocycles. The molecule has 0 spiro atoms. The van der Waals surface area contributed by atoms with Crippen molar-refractivity contribution in [2.45, 2.75) is 18.6 Å². The van der Waals surface area contributed by atoms with Gasteiger partial charge in [-0.15, -0.1) is 10.2 Å². The molecule has 2 aromatic rings. The Morgan fingerprint density at radius 1 is 1.32 bits per heavy atom. The molecule has 0 aliphatic carbocycles. The van der Waals surface area contributed by atoms with Gasteiger partial charge in [-0.2, -0.15) is 0 Å². The third-order valence-electron chi connectivity index (χ3n) is 2.40. The van der Waals surface area contributed by atoms with E-state index in [9.17, 15) is 0 Å². The topological polar surface area (TPSA) is 48.2 Å². The minimum Gasteiger partial charge on any atom is -0.497 e. The summed E-state index contributed by atoms with van der Waals surface area (Å²) in [7, 11) is 1.65. The summed E-state index contributed by atoms with van der Waals surface area (Å²) in [6.07, 6.45) is 0.630. The van der Waals surface area contributed by atoms with Crippen molar-refractivity contribution in [2.75, 3.05) is 12.9 Å². The summed E-state index contributed by atoms with van der Waals surface area (Å²) >= 11 is 1.51. The lowest BCUT2D eigenvalue weighted by Crippen LogP contribution is -1.89. The number of rotatable bonds is 6. The van der Waals surface area contributed by atoms with Crippen LogP contribution >= 0.6 is 11.8 Å². The normalized spacial score (nSPS) is 10.4. The molecule has 4 nitrogen and oxygen atoms in total. The van der Waals surface area contributed by atoms with Gasteiger partial charge in [0, 0.05) is 5.75 Å². The third kappa shape index (κ3) is 4.13. The largest absolute Gasteiger partial charge is 0.497 e. The van der Waals surface area contributed by atoms with E-state index in [-0.39, 0.29) is 0 Å². The summed E-state index contributed by atoms with van der Waals surface area (Å²) in [6, 6.07) is 7.82. The Kier molecular flexibility index (Phi) is 4.63. The number of ether oxygens (including phenoxy) is 1. The van der Waals surface area contributed by atoms with Crippen molar-refractivity contribution in [2.24, 2.45) is 0 Å². The predicted octanol–water partition coefficient (Wildman–Crippen LogP) is 3.34. The first kappa shape index (κ1) is 13.7. The molecule has 1 aromatic carbocycles. The quantitative estimate of drug-likeness (QED) is 0.598. The summed E-state index contributed by atoms with van der Waals surface area (Å²) in [5, 5.41) is 8.62. The molecular weight excluding hydrogens is 260 g/mol. The van der Waals surface area contributed by atoms with Crippen molar-refractivity contribution in [1.29, 1.82) is 0 Å². The van der Waals surface area contributed by atoms with Crippen LogP contribution < -0.4 is 4.74 Å². The zero-order valence-corrected chi connectivity index (χ0v) is 11.9. The van der Waals surface area contributed by atoms with Gasteiger partial charge in [0.15, 0.2) is 0 Å². The van der Waals surface area contributed by atoms with Crippen LogP contribution in [0.25, 0.3) is 0 Å². The Hall–Kier alpha value is -1.75. The van der Waals surface area contributed by atoms with Gasteiger partial charge < -0.3 is 9.15 Å². The molecule has 0 aliphatic rings. The van der Waals surface area contributed by atoms with E-state index in [4.69, 9.17) is 9.15 Å². The zero-order valence-electron chi connectivity index (χ0n) is 11.0. The fraction of sp³-hybridized carbons (Fsp3) is 0.286. The molecule has 0 unspecified atom stereocenters. The van der Waals surface area contributed by atoms with Crippen LogP contribution in [0.15, 0.2) is 46.1 Å². The maximum Gasteiger partial charge on any atom is 0.276 e. The van der Waals surface area contributed by atoms with Crippen LogP contribution in [0.5, 0.6) is 5.75 Å². The van der Waals surface area contributed by atoms with Crippen LogP contribution in [0.3, 0.4) is 0 Å². The molecule has 2 rings (SSSR count). The molecule has 0 atom stereocenters. The van der Waals surface area contributed by atoms with E-state index in [2.05, 4.69) is 16.8 Å². The Balaban J connectivity index is 1.96. The summed E-state index contributed by atoms with van der Waals surface area (Å²) in [6.45, 7) is 5.81. The van der Waals surface area contributed by atoms with Gasteiger partial charge in [-0.3, -0.25) is 0 Å². The summed E-state index contributed by atoms with van der Waals surface area (Å²) in [4.78, 5) is 0. The monoisotopic (exact) mass is 276 g/mol. The molecule has 0 N–H and O–H groups in total. The van der Waals surface area contributed by atoms with Crippen molar-refractivity contribution < 1.29 is 9.15 Å². The number of nitrogens with zero attached hydrogens (tertiary/aromatic N) is 2. The molecule has 0 saturated heterocycles. The SMILES string of the molecule is C=C(C)CSc1nnc(Cc2ccc(OC)cc2)o1. The van der Waals surface area contributed by atoms with Gasteiger partial charge in [0.25, 0.3) is 5.22 Å².